The highest BCUT2D eigenvalue weighted by Crippen LogP contribution is 2.34. The molecule has 0 atom stereocenters. The number of nitro groups is 1. The quantitative estimate of drug-likeness (QED) is 0.505. The smallest absolute Gasteiger partial charge is 0.338 e. The number of benzene rings is 1. The monoisotopic (exact) mass is 311 g/mol. The Morgan fingerprint density at radius 3 is 2.71 bits per heavy atom. The van der Waals surface area contributed by atoms with Crippen molar-refractivity contribution in [2.45, 2.75) is 13.3 Å². The van der Waals surface area contributed by atoms with Crippen LogP contribution in [0.5, 0.6) is 0 Å². The summed E-state index contributed by atoms with van der Waals surface area (Å²) < 4.78 is 4.73. The first-order valence-electron chi connectivity index (χ1n) is 5.72. The number of amides is 1. The number of nitriles is 1. The van der Waals surface area contributed by atoms with Gasteiger partial charge in [0, 0.05) is 6.07 Å². The third kappa shape index (κ3) is 4.15. The summed E-state index contributed by atoms with van der Waals surface area (Å²) in [6.07, 6.45) is -0.479. The molecule has 0 saturated carbocycles. The molecule has 1 rings (SSSR count). The molecule has 1 N–H and O–H groups in total. The van der Waals surface area contributed by atoms with Crippen LogP contribution in [0.1, 0.15) is 23.7 Å². The van der Waals surface area contributed by atoms with Gasteiger partial charge >= 0.3 is 5.97 Å². The fourth-order valence-corrected chi connectivity index (χ4v) is 1.71. The minimum atomic E-state index is -0.795. The Labute approximate surface area is 124 Å². The van der Waals surface area contributed by atoms with Crippen molar-refractivity contribution in [3.63, 3.8) is 0 Å². The lowest BCUT2D eigenvalue weighted by Gasteiger charge is -2.09. The molecular formula is C12H10ClN3O5. The van der Waals surface area contributed by atoms with E-state index in [0.717, 1.165) is 12.1 Å². The van der Waals surface area contributed by atoms with E-state index in [2.05, 4.69) is 5.32 Å². The van der Waals surface area contributed by atoms with Gasteiger partial charge in [-0.1, -0.05) is 11.6 Å². The molecule has 1 aromatic rings. The molecule has 0 radical (unpaired) electrons. The number of carbonyl (C=O) groups excluding carboxylic acids is 2. The maximum atomic E-state index is 11.6. The van der Waals surface area contributed by atoms with Crippen LogP contribution in [0.15, 0.2) is 12.1 Å². The molecule has 21 heavy (non-hydrogen) atoms. The lowest BCUT2D eigenvalue weighted by molar-refractivity contribution is -0.383. The van der Waals surface area contributed by atoms with Crippen LogP contribution >= 0.6 is 11.6 Å². The molecule has 0 unspecified atom stereocenters. The van der Waals surface area contributed by atoms with E-state index in [1.807, 2.05) is 0 Å². The standard InChI is InChI=1S/C12H10ClN3O5/c1-2-21-12(18)7-5-8(13)11(9(6-7)16(19)20)15-10(17)3-4-14/h5-6H,2-3H2,1H3,(H,15,17). The van der Waals surface area contributed by atoms with Gasteiger partial charge in [0.2, 0.25) is 5.91 Å². The SMILES string of the molecule is CCOC(=O)c1cc(Cl)c(NC(=O)CC#N)c([N+](=O)[O-])c1. The first kappa shape index (κ1) is 16.4. The van der Waals surface area contributed by atoms with Crippen LogP contribution in [0.25, 0.3) is 0 Å². The van der Waals surface area contributed by atoms with E-state index < -0.39 is 28.9 Å². The minimum absolute atomic E-state index is 0.102. The number of ether oxygens (including phenoxy) is 1. The van der Waals surface area contributed by atoms with E-state index in [9.17, 15) is 19.7 Å². The number of nitro benzene ring substituents is 1. The molecule has 0 aliphatic carbocycles. The van der Waals surface area contributed by atoms with Crippen molar-refractivity contribution >= 4 is 34.9 Å². The number of carbonyl (C=O) groups is 2. The Balaban J connectivity index is 3.26. The largest absolute Gasteiger partial charge is 0.462 e. The molecule has 0 fully saturated rings. The van der Waals surface area contributed by atoms with E-state index in [1.54, 1.807) is 13.0 Å². The van der Waals surface area contributed by atoms with Crippen molar-refractivity contribution < 1.29 is 19.2 Å². The van der Waals surface area contributed by atoms with Crippen LogP contribution in [0.4, 0.5) is 11.4 Å². The van der Waals surface area contributed by atoms with Gasteiger partial charge in [0.05, 0.1) is 28.2 Å². The van der Waals surface area contributed by atoms with Gasteiger partial charge in [-0.2, -0.15) is 5.26 Å². The number of hydrogen-bond acceptors (Lipinski definition) is 6. The van der Waals surface area contributed by atoms with Crippen LogP contribution < -0.4 is 5.32 Å². The first-order chi connectivity index (χ1) is 9.90. The molecule has 0 bridgehead atoms. The van der Waals surface area contributed by atoms with Gasteiger partial charge in [-0.15, -0.1) is 0 Å². The van der Waals surface area contributed by atoms with Crippen molar-refractivity contribution in [2.75, 3.05) is 11.9 Å². The molecule has 0 aliphatic heterocycles. The minimum Gasteiger partial charge on any atom is -0.462 e. The van der Waals surface area contributed by atoms with Gasteiger partial charge in [-0.25, -0.2) is 4.79 Å². The summed E-state index contributed by atoms with van der Waals surface area (Å²) in [6, 6.07) is 3.70. The summed E-state index contributed by atoms with van der Waals surface area (Å²) in [4.78, 5) is 33.2. The number of anilines is 1. The number of nitrogens with one attached hydrogen (secondary N) is 1. The van der Waals surface area contributed by atoms with Crippen molar-refractivity contribution in [3.8, 4) is 6.07 Å². The first-order valence-corrected chi connectivity index (χ1v) is 6.10. The van der Waals surface area contributed by atoms with Crippen molar-refractivity contribution in [1.82, 2.24) is 0 Å². The lowest BCUT2D eigenvalue weighted by Crippen LogP contribution is -2.13. The Morgan fingerprint density at radius 1 is 1.52 bits per heavy atom. The van der Waals surface area contributed by atoms with Crippen LogP contribution in [0, 0.1) is 21.4 Å². The number of rotatable bonds is 5. The van der Waals surface area contributed by atoms with Gasteiger partial charge in [-0.05, 0) is 13.0 Å². The van der Waals surface area contributed by atoms with Gasteiger partial charge in [0.25, 0.3) is 5.69 Å². The zero-order valence-corrected chi connectivity index (χ0v) is 11.6. The van der Waals surface area contributed by atoms with Gasteiger partial charge in [0.15, 0.2) is 0 Å². The maximum Gasteiger partial charge on any atom is 0.338 e. The molecule has 110 valence electrons. The second-order valence-corrected chi connectivity index (χ2v) is 4.12. The normalized spacial score (nSPS) is 9.57. The third-order valence-corrected chi connectivity index (χ3v) is 2.58. The molecular weight excluding hydrogens is 302 g/mol. The van der Waals surface area contributed by atoms with Crippen molar-refractivity contribution in [2.24, 2.45) is 0 Å². The van der Waals surface area contributed by atoms with E-state index >= 15 is 0 Å². The summed E-state index contributed by atoms with van der Waals surface area (Å²) in [7, 11) is 0. The molecule has 0 aliphatic rings. The fraction of sp³-hybridized carbons (Fsp3) is 0.250. The average molecular weight is 312 g/mol. The summed E-state index contributed by atoms with van der Waals surface area (Å²) in [6.45, 7) is 1.69. The fourth-order valence-electron chi connectivity index (χ4n) is 1.45. The number of esters is 1. The van der Waals surface area contributed by atoms with Gasteiger partial charge < -0.3 is 10.1 Å². The summed E-state index contributed by atoms with van der Waals surface area (Å²) in [5.41, 5.74) is -0.932. The van der Waals surface area contributed by atoms with Gasteiger partial charge in [-0.3, -0.25) is 14.9 Å². The molecule has 1 aromatic carbocycles. The summed E-state index contributed by atoms with van der Waals surface area (Å²) in [5, 5.41) is 21.4. The predicted molar refractivity (Wildman–Crippen MR) is 72.9 cm³/mol. The molecule has 0 heterocycles. The van der Waals surface area contributed by atoms with E-state index in [4.69, 9.17) is 21.6 Å². The Morgan fingerprint density at radius 2 is 2.19 bits per heavy atom. The van der Waals surface area contributed by atoms with Crippen LogP contribution in [-0.2, 0) is 9.53 Å². The second kappa shape index (κ2) is 7.21. The molecule has 0 aromatic heterocycles. The zero-order chi connectivity index (χ0) is 16.0. The van der Waals surface area contributed by atoms with Crippen molar-refractivity contribution in [1.29, 1.82) is 5.26 Å². The Kier molecular flexibility index (Phi) is 5.63. The lowest BCUT2D eigenvalue weighted by atomic mass is 10.1. The molecule has 0 saturated heterocycles. The topological polar surface area (TPSA) is 122 Å². The van der Waals surface area contributed by atoms with E-state index in [-0.39, 0.29) is 22.9 Å². The van der Waals surface area contributed by atoms with E-state index in [0.29, 0.717) is 0 Å². The predicted octanol–water partition coefficient (Wildman–Crippen LogP) is 2.28. The average Bonchev–Trinajstić information content (AvgIpc) is 2.41. The van der Waals surface area contributed by atoms with Gasteiger partial charge in [0.1, 0.15) is 12.1 Å². The van der Waals surface area contributed by atoms with Crippen molar-refractivity contribution in [3.05, 3.63) is 32.8 Å². The van der Waals surface area contributed by atoms with Crippen LogP contribution in [0.2, 0.25) is 5.02 Å². The second-order valence-electron chi connectivity index (χ2n) is 3.71. The number of nitrogens with zero attached hydrogens (tertiary/aromatic N) is 2. The van der Waals surface area contributed by atoms with Crippen LogP contribution in [0.3, 0.4) is 0 Å². The molecule has 8 nitrogen and oxygen atoms in total. The van der Waals surface area contributed by atoms with Crippen LogP contribution in [-0.4, -0.2) is 23.4 Å². The molecule has 0 spiro atoms. The number of halogens is 1. The Hall–Kier alpha value is -2.66. The summed E-state index contributed by atoms with van der Waals surface area (Å²) >= 11 is 5.86. The maximum absolute atomic E-state index is 11.6. The summed E-state index contributed by atoms with van der Waals surface area (Å²) in [5.74, 6) is -1.51. The Bertz CT molecular complexity index is 639. The number of hydrogen-bond donors (Lipinski definition) is 1. The highest BCUT2D eigenvalue weighted by Gasteiger charge is 2.23. The zero-order valence-electron chi connectivity index (χ0n) is 10.9. The highest BCUT2D eigenvalue weighted by atomic mass is 35.5. The third-order valence-electron chi connectivity index (χ3n) is 2.28. The highest BCUT2D eigenvalue weighted by molar-refractivity contribution is 6.34. The van der Waals surface area contributed by atoms with E-state index in [1.165, 1.54) is 0 Å². The molecule has 1 amide bonds. The molecule has 9 heteroatoms.